The molecule has 2 heterocycles. The Balaban J connectivity index is 1.70. The quantitative estimate of drug-likeness (QED) is 0.722. The van der Waals surface area contributed by atoms with Crippen molar-refractivity contribution < 1.29 is 14.0 Å². The van der Waals surface area contributed by atoms with E-state index in [1.807, 2.05) is 37.4 Å². The molecule has 130 valence electrons. The number of nitrogens with one attached hydrogen (secondary N) is 2. The van der Waals surface area contributed by atoms with E-state index in [2.05, 4.69) is 22.1 Å². The van der Waals surface area contributed by atoms with Crippen LogP contribution in [0.2, 0.25) is 0 Å². The molecule has 25 heavy (non-hydrogen) atoms. The Kier molecular flexibility index (Phi) is 4.88. The molecule has 0 spiro atoms. The molecule has 0 aliphatic rings. The zero-order valence-corrected chi connectivity index (χ0v) is 14.3. The van der Waals surface area contributed by atoms with Crippen molar-refractivity contribution in [2.24, 2.45) is 0 Å². The lowest BCUT2D eigenvalue weighted by atomic mass is 10.2. The third-order valence-corrected chi connectivity index (χ3v) is 4.15. The molecular formula is C19H21N3O3. The van der Waals surface area contributed by atoms with E-state index in [0.717, 1.165) is 17.4 Å². The zero-order valence-electron chi connectivity index (χ0n) is 14.3. The first kappa shape index (κ1) is 16.8. The Morgan fingerprint density at radius 3 is 2.72 bits per heavy atom. The smallest absolute Gasteiger partial charge is 0.287 e. The minimum absolute atomic E-state index is 0.188. The van der Waals surface area contributed by atoms with Crippen LogP contribution in [0.1, 0.15) is 30.8 Å². The molecule has 3 aromatic rings. The second-order valence-corrected chi connectivity index (χ2v) is 5.78. The molecule has 2 N–H and O–H groups in total. The summed E-state index contributed by atoms with van der Waals surface area (Å²) in [6.45, 7) is 4.83. The minimum Gasteiger partial charge on any atom is -0.459 e. The Labute approximate surface area is 145 Å². The van der Waals surface area contributed by atoms with E-state index in [4.69, 9.17) is 4.42 Å². The van der Waals surface area contributed by atoms with Crippen molar-refractivity contribution in [3.8, 4) is 0 Å². The number of anilines is 1. The molecule has 0 aliphatic heterocycles. The lowest BCUT2D eigenvalue weighted by Crippen LogP contribution is -2.43. The first-order chi connectivity index (χ1) is 12.1. The van der Waals surface area contributed by atoms with Crippen LogP contribution in [0.3, 0.4) is 0 Å². The summed E-state index contributed by atoms with van der Waals surface area (Å²) >= 11 is 0. The summed E-state index contributed by atoms with van der Waals surface area (Å²) in [5.74, 6) is -0.465. The van der Waals surface area contributed by atoms with Gasteiger partial charge in [-0.2, -0.15) is 0 Å². The molecule has 6 heteroatoms. The van der Waals surface area contributed by atoms with Crippen LogP contribution >= 0.6 is 0 Å². The van der Waals surface area contributed by atoms with Crippen molar-refractivity contribution in [2.75, 3.05) is 5.32 Å². The van der Waals surface area contributed by atoms with E-state index in [0.29, 0.717) is 12.1 Å². The number of nitrogens with zero attached hydrogens (tertiary/aromatic N) is 1. The van der Waals surface area contributed by atoms with Crippen LogP contribution in [-0.4, -0.2) is 22.4 Å². The van der Waals surface area contributed by atoms with E-state index >= 15 is 0 Å². The molecule has 2 amide bonds. The summed E-state index contributed by atoms with van der Waals surface area (Å²) in [7, 11) is 0. The average Bonchev–Trinajstić information content (AvgIpc) is 3.28. The van der Waals surface area contributed by atoms with Gasteiger partial charge in [-0.1, -0.05) is 6.92 Å². The summed E-state index contributed by atoms with van der Waals surface area (Å²) in [5.41, 5.74) is 1.83. The number of fused-ring (bicyclic) bond motifs is 1. The summed E-state index contributed by atoms with van der Waals surface area (Å²) in [4.78, 5) is 24.5. The summed E-state index contributed by atoms with van der Waals surface area (Å²) < 4.78 is 7.19. The van der Waals surface area contributed by atoms with E-state index < -0.39 is 11.9 Å². The Morgan fingerprint density at radius 1 is 1.20 bits per heavy atom. The number of hydrogen-bond donors (Lipinski definition) is 2. The van der Waals surface area contributed by atoms with Crippen molar-refractivity contribution in [3.63, 3.8) is 0 Å². The van der Waals surface area contributed by atoms with Gasteiger partial charge < -0.3 is 19.6 Å². The highest BCUT2D eigenvalue weighted by Crippen LogP contribution is 2.20. The van der Waals surface area contributed by atoms with Gasteiger partial charge in [-0.15, -0.1) is 0 Å². The molecule has 6 nitrogen and oxygen atoms in total. The van der Waals surface area contributed by atoms with Crippen LogP contribution in [-0.2, 0) is 11.3 Å². The highest BCUT2D eigenvalue weighted by atomic mass is 16.3. The van der Waals surface area contributed by atoms with E-state index in [-0.39, 0.29) is 11.7 Å². The van der Waals surface area contributed by atoms with Crippen LogP contribution < -0.4 is 10.6 Å². The van der Waals surface area contributed by atoms with Crippen LogP contribution in [0.5, 0.6) is 0 Å². The molecule has 0 aliphatic carbocycles. The van der Waals surface area contributed by atoms with Gasteiger partial charge in [0, 0.05) is 29.3 Å². The zero-order chi connectivity index (χ0) is 17.8. The number of benzene rings is 1. The molecule has 0 saturated heterocycles. The summed E-state index contributed by atoms with van der Waals surface area (Å²) in [5, 5.41) is 6.62. The lowest BCUT2D eigenvalue weighted by molar-refractivity contribution is -0.118. The van der Waals surface area contributed by atoms with Gasteiger partial charge in [0.25, 0.3) is 5.91 Å². The Bertz CT molecular complexity index is 881. The van der Waals surface area contributed by atoms with Crippen molar-refractivity contribution in [2.45, 2.75) is 32.9 Å². The normalized spacial score (nSPS) is 12.1. The van der Waals surface area contributed by atoms with Crippen LogP contribution in [0.4, 0.5) is 5.69 Å². The predicted molar refractivity (Wildman–Crippen MR) is 96.5 cm³/mol. The first-order valence-corrected chi connectivity index (χ1v) is 8.36. The number of aryl methyl sites for hydroxylation is 1. The summed E-state index contributed by atoms with van der Waals surface area (Å²) in [6, 6.07) is 10.4. The standard InChI is InChI=1S/C19H21N3O3/c1-3-15(21-19(24)17-6-5-11-25-17)18(23)20-14-7-8-16-13(12-14)9-10-22(16)4-2/h5-12,15H,3-4H2,1-2H3,(H,20,23)(H,21,24). The fourth-order valence-corrected chi connectivity index (χ4v) is 2.77. The number of aromatic nitrogens is 1. The maximum Gasteiger partial charge on any atom is 0.287 e. The number of carbonyl (C=O) groups excluding carboxylic acids is 2. The number of rotatable bonds is 6. The SMILES string of the molecule is CCC(NC(=O)c1ccco1)C(=O)Nc1ccc2c(ccn2CC)c1. The van der Waals surface area contributed by atoms with Crippen LogP contribution in [0.25, 0.3) is 10.9 Å². The molecule has 0 bridgehead atoms. The lowest BCUT2D eigenvalue weighted by Gasteiger charge is -2.16. The Morgan fingerprint density at radius 2 is 2.04 bits per heavy atom. The molecule has 0 fully saturated rings. The maximum atomic E-state index is 12.5. The molecule has 0 saturated carbocycles. The second-order valence-electron chi connectivity index (χ2n) is 5.78. The predicted octanol–water partition coefficient (Wildman–Crippen LogP) is 3.40. The highest BCUT2D eigenvalue weighted by molar-refractivity contribution is 6.01. The molecule has 3 rings (SSSR count). The van der Waals surface area contributed by atoms with E-state index in [1.165, 1.54) is 6.26 Å². The monoisotopic (exact) mass is 339 g/mol. The van der Waals surface area contributed by atoms with E-state index in [9.17, 15) is 9.59 Å². The topological polar surface area (TPSA) is 76.3 Å². The van der Waals surface area contributed by atoms with Gasteiger partial charge >= 0.3 is 0 Å². The molecular weight excluding hydrogens is 318 g/mol. The Hall–Kier alpha value is -3.02. The minimum atomic E-state index is -0.631. The van der Waals surface area contributed by atoms with Crippen molar-refractivity contribution >= 4 is 28.4 Å². The fourth-order valence-electron chi connectivity index (χ4n) is 2.77. The summed E-state index contributed by atoms with van der Waals surface area (Å²) in [6.07, 6.45) is 3.93. The largest absolute Gasteiger partial charge is 0.459 e. The highest BCUT2D eigenvalue weighted by Gasteiger charge is 2.21. The molecule has 1 atom stereocenters. The van der Waals surface area contributed by atoms with Crippen molar-refractivity contribution in [3.05, 3.63) is 54.6 Å². The number of hydrogen-bond acceptors (Lipinski definition) is 3. The maximum absolute atomic E-state index is 12.5. The molecule has 1 aromatic carbocycles. The third-order valence-electron chi connectivity index (χ3n) is 4.15. The van der Waals surface area contributed by atoms with Gasteiger partial charge in [0.2, 0.25) is 5.91 Å². The number of amides is 2. The van der Waals surface area contributed by atoms with Gasteiger partial charge in [-0.25, -0.2) is 0 Å². The van der Waals surface area contributed by atoms with Gasteiger partial charge in [0.05, 0.1) is 6.26 Å². The second kappa shape index (κ2) is 7.25. The van der Waals surface area contributed by atoms with Gasteiger partial charge in [-0.05, 0) is 49.7 Å². The third kappa shape index (κ3) is 3.57. The molecule has 0 radical (unpaired) electrons. The molecule has 1 unspecified atom stereocenters. The van der Waals surface area contributed by atoms with Gasteiger partial charge in [0.1, 0.15) is 6.04 Å². The average molecular weight is 339 g/mol. The van der Waals surface area contributed by atoms with Gasteiger partial charge in [-0.3, -0.25) is 9.59 Å². The van der Waals surface area contributed by atoms with Gasteiger partial charge in [0.15, 0.2) is 5.76 Å². The first-order valence-electron chi connectivity index (χ1n) is 8.36. The van der Waals surface area contributed by atoms with Crippen LogP contribution in [0.15, 0.2) is 53.3 Å². The van der Waals surface area contributed by atoms with E-state index in [1.54, 1.807) is 12.1 Å². The van der Waals surface area contributed by atoms with Crippen molar-refractivity contribution in [1.29, 1.82) is 0 Å². The van der Waals surface area contributed by atoms with Crippen LogP contribution in [0, 0.1) is 0 Å². The number of furan rings is 1. The van der Waals surface area contributed by atoms with Crippen molar-refractivity contribution in [1.82, 2.24) is 9.88 Å². The molecule has 2 aromatic heterocycles. The fraction of sp³-hybridized carbons (Fsp3) is 0.263. The number of carbonyl (C=O) groups is 2.